The van der Waals surface area contributed by atoms with Gasteiger partial charge in [-0.1, -0.05) is 18.2 Å². The molecule has 25 heavy (non-hydrogen) atoms. The van der Waals surface area contributed by atoms with Crippen molar-refractivity contribution in [3.63, 3.8) is 0 Å². The molecule has 0 aliphatic rings. The number of hydrogen-bond acceptors (Lipinski definition) is 5. The Morgan fingerprint density at radius 1 is 1.28 bits per heavy atom. The SMILES string of the molecule is COC(=O)NCc1cc(/C(C)=N/N=C/c2cccc(C)n2)ccc1C. The van der Waals surface area contributed by atoms with E-state index in [0.717, 1.165) is 33.8 Å². The van der Waals surface area contributed by atoms with Crippen molar-refractivity contribution >= 4 is 18.0 Å². The Balaban J connectivity index is 2.12. The minimum absolute atomic E-state index is 0.399. The molecule has 6 nitrogen and oxygen atoms in total. The molecule has 0 saturated heterocycles. The third-order valence-electron chi connectivity index (χ3n) is 3.68. The fourth-order valence-electron chi connectivity index (χ4n) is 2.19. The van der Waals surface area contributed by atoms with Crippen molar-refractivity contribution in [3.8, 4) is 0 Å². The van der Waals surface area contributed by atoms with Gasteiger partial charge in [0, 0.05) is 12.2 Å². The molecule has 0 atom stereocenters. The molecule has 0 saturated carbocycles. The summed E-state index contributed by atoms with van der Waals surface area (Å²) in [7, 11) is 1.34. The van der Waals surface area contributed by atoms with Crippen molar-refractivity contribution < 1.29 is 9.53 Å². The van der Waals surface area contributed by atoms with Gasteiger partial charge in [-0.3, -0.25) is 4.98 Å². The van der Waals surface area contributed by atoms with Crippen molar-refractivity contribution in [1.82, 2.24) is 10.3 Å². The molecule has 0 radical (unpaired) electrons. The van der Waals surface area contributed by atoms with E-state index in [1.54, 1.807) is 6.21 Å². The van der Waals surface area contributed by atoms with Crippen molar-refractivity contribution in [2.45, 2.75) is 27.3 Å². The molecular weight excluding hydrogens is 316 g/mol. The molecule has 1 aromatic heterocycles. The topological polar surface area (TPSA) is 75.9 Å². The maximum absolute atomic E-state index is 11.2. The summed E-state index contributed by atoms with van der Waals surface area (Å²) in [6.45, 7) is 6.22. The highest BCUT2D eigenvalue weighted by atomic mass is 16.5. The summed E-state index contributed by atoms with van der Waals surface area (Å²) in [6.07, 6.45) is 1.18. The van der Waals surface area contributed by atoms with Crippen LogP contribution in [-0.2, 0) is 11.3 Å². The smallest absolute Gasteiger partial charge is 0.407 e. The number of amides is 1. The van der Waals surface area contributed by atoms with Crippen LogP contribution in [-0.4, -0.2) is 30.1 Å². The quantitative estimate of drug-likeness (QED) is 0.670. The van der Waals surface area contributed by atoms with Gasteiger partial charge in [-0.05, 0) is 55.7 Å². The zero-order valence-corrected chi connectivity index (χ0v) is 14.9. The number of ether oxygens (including phenoxy) is 1. The minimum atomic E-state index is -0.453. The Hall–Kier alpha value is -3.02. The number of carbonyl (C=O) groups excluding carboxylic acids is 1. The van der Waals surface area contributed by atoms with Gasteiger partial charge in [0.15, 0.2) is 0 Å². The Bertz CT molecular complexity index is 813. The predicted octanol–water partition coefficient (Wildman–Crippen LogP) is 3.40. The van der Waals surface area contributed by atoms with Crippen molar-refractivity contribution in [2.24, 2.45) is 10.2 Å². The lowest BCUT2D eigenvalue weighted by Crippen LogP contribution is -2.22. The van der Waals surface area contributed by atoms with Gasteiger partial charge in [0.2, 0.25) is 0 Å². The van der Waals surface area contributed by atoms with Gasteiger partial charge >= 0.3 is 6.09 Å². The van der Waals surface area contributed by atoms with E-state index in [1.165, 1.54) is 7.11 Å². The number of alkyl carbamates (subject to hydrolysis) is 1. The first-order chi connectivity index (χ1) is 12.0. The standard InChI is InChI=1S/C19H22N4O2/c1-13-8-9-16(10-17(13)11-20-19(24)25-4)15(3)23-21-12-18-7-5-6-14(2)22-18/h5-10,12H,11H2,1-4H3,(H,20,24)/b21-12+,23-15+. The molecular formula is C19H22N4O2. The van der Waals surface area contributed by atoms with Crippen LogP contribution >= 0.6 is 0 Å². The summed E-state index contributed by atoms with van der Waals surface area (Å²) in [5.74, 6) is 0. The number of rotatable bonds is 5. The summed E-state index contributed by atoms with van der Waals surface area (Å²) >= 11 is 0. The first-order valence-electron chi connectivity index (χ1n) is 7.92. The van der Waals surface area contributed by atoms with Crippen LogP contribution in [0.3, 0.4) is 0 Å². The Morgan fingerprint density at radius 3 is 2.80 bits per heavy atom. The fourth-order valence-corrected chi connectivity index (χ4v) is 2.19. The third-order valence-corrected chi connectivity index (χ3v) is 3.68. The highest BCUT2D eigenvalue weighted by Crippen LogP contribution is 2.12. The van der Waals surface area contributed by atoms with Crippen LogP contribution in [0.2, 0.25) is 0 Å². The molecule has 130 valence electrons. The maximum atomic E-state index is 11.2. The summed E-state index contributed by atoms with van der Waals surface area (Å²) in [5.41, 5.74) is 5.52. The highest BCUT2D eigenvalue weighted by Gasteiger charge is 2.05. The van der Waals surface area contributed by atoms with Crippen LogP contribution in [0.1, 0.15) is 35.0 Å². The lowest BCUT2D eigenvalue weighted by atomic mass is 10.0. The second-order valence-electron chi connectivity index (χ2n) is 5.62. The second-order valence-corrected chi connectivity index (χ2v) is 5.62. The van der Waals surface area contributed by atoms with Gasteiger partial charge in [-0.25, -0.2) is 4.79 Å². The average Bonchev–Trinajstić information content (AvgIpc) is 2.60. The van der Waals surface area contributed by atoms with E-state index in [1.807, 2.05) is 57.2 Å². The van der Waals surface area contributed by atoms with E-state index in [4.69, 9.17) is 0 Å². The second kappa shape index (κ2) is 8.73. The number of methoxy groups -OCH3 is 1. The van der Waals surface area contributed by atoms with Gasteiger partial charge < -0.3 is 10.1 Å². The van der Waals surface area contributed by atoms with E-state index in [0.29, 0.717) is 6.54 Å². The summed E-state index contributed by atoms with van der Waals surface area (Å²) in [4.78, 5) is 15.6. The van der Waals surface area contributed by atoms with E-state index in [9.17, 15) is 4.79 Å². The van der Waals surface area contributed by atoms with Crippen LogP contribution < -0.4 is 5.32 Å². The molecule has 0 aliphatic heterocycles. The van der Waals surface area contributed by atoms with E-state index in [-0.39, 0.29) is 0 Å². The van der Waals surface area contributed by atoms with Crippen LogP contribution in [0, 0.1) is 13.8 Å². The molecule has 1 heterocycles. The molecule has 6 heteroatoms. The zero-order chi connectivity index (χ0) is 18.2. The molecule has 0 fully saturated rings. The maximum Gasteiger partial charge on any atom is 0.407 e. The number of benzene rings is 1. The first kappa shape index (κ1) is 18.3. The number of nitrogens with zero attached hydrogens (tertiary/aromatic N) is 3. The molecule has 0 spiro atoms. The lowest BCUT2D eigenvalue weighted by Gasteiger charge is -2.09. The van der Waals surface area contributed by atoms with Gasteiger partial charge in [0.25, 0.3) is 0 Å². The Labute approximate surface area is 147 Å². The molecule has 1 N–H and O–H groups in total. The molecule has 0 aliphatic carbocycles. The average molecular weight is 338 g/mol. The number of nitrogens with one attached hydrogen (secondary N) is 1. The van der Waals surface area contributed by atoms with E-state index >= 15 is 0 Å². The zero-order valence-electron chi connectivity index (χ0n) is 14.9. The van der Waals surface area contributed by atoms with Gasteiger partial charge in [0.05, 0.1) is 24.7 Å². The molecule has 0 unspecified atom stereocenters. The minimum Gasteiger partial charge on any atom is -0.453 e. The monoisotopic (exact) mass is 338 g/mol. The number of aromatic nitrogens is 1. The highest BCUT2D eigenvalue weighted by molar-refractivity contribution is 5.99. The first-order valence-corrected chi connectivity index (χ1v) is 7.92. The summed E-state index contributed by atoms with van der Waals surface area (Å²) in [5, 5.41) is 11.0. The summed E-state index contributed by atoms with van der Waals surface area (Å²) < 4.78 is 4.59. The van der Waals surface area contributed by atoms with Gasteiger partial charge in [-0.2, -0.15) is 10.2 Å². The van der Waals surface area contributed by atoms with Crippen molar-refractivity contribution in [2.75, 3.05) is 7.11 Å². The van der Waals surface area contributed by atoms with Gasteiger partial charge in [0.1, 0.15) is 0 Å². The number of carbonyl (C=O) groups is 1. The molecule has 1 amide bonds. The largest absolute Gasteiger partial charge is 0.453 e. The predicted molar refractivity (Wildman–Crippen MR) is 99.2 cm³/mol. The normalized spacial score (nSPS) is 11.6. The lowest BCUT2D eigenvalue weighted by molar-refractivity contribution is 0.170. The number of pyridine rings is 1. The number of aryl methyl sites for hydroxylation is 2. The molecule has 1 aromatic carbocycles. The Morgan fingerprint density at radius 2 is 2.08 bits per heavy atom. The van der Waals surface area contributed by atoms with E-state index in [2.05, 4.69) is 25.2 Å². The van der Waals surface area contributed by atoms with Crippen molar-refractivity contribution in [3.05, 3.63) is 64.5 Å². The third kappa shape index (κ3) is 5.53. The number of hydrogen-bond donors (Lipinski definition) is 1. The van der Waals surface area contributed by atoms with Crippen LogP contribution in [0.4, 0.5) is 4.79 Å². The Kier molecular flexibility index (Phi) is 6.39. The van der Waals surface area contributed by atoms with Gasteiger partial charge in [-0.15, -0.1) is 0 Å². The molecule has 2 rings (SSSR count). The van der Waals surface area contributed by atoms with Crippen molar-refractivity contribution in [1.29, 1.82) is 0 Å². The molecule has 0 bridgehead atoms. The molecule has 2 aromatic rings. The fraction of sp³-hybridized carbons (Fsp3) is 0.263. The van der Waals surface area contributed by atoms with E-state index < -0.39 is 6.09 Å². The van der Waals surface area contributed by atoms with Crippen LogP contribution in [0.15, 0.2) is 46.6 Å². The van der Waals surface area contributed by atoms with Crippen LogP contribution in [0.5, 0.6) is 0 Å². The summed E-state index contributed by atoms with van der Waals surface area (Å²) in [6, 6.07) is 11.7. The van der Waals surface area contributed by atoms with Crippen LogP contribution in [0.25, 0.3) is 0 Å².